The Bertz CT molecular complexity index is 1170. The molecule has 1 aromatic heterocycles. The molecular formula is C27H31N3O4S. The number of non-ortho nitro benzene ring substituents is 1. The molecule has 8 heteroatoms. The van der Waals surface area contributed by atoms with E-state index in [9.17, 15) is 14.9 Å². The second-order valence-electron chi connectivity index (χ2n) is 9.74. The van der Waals surface area contributed by atoms with E-state index in [2.05, 4.69) is 0 Å². The molecule has 184 valence electrons. The van der Waals surface area contributed by atoms with Crippen LogP contribution in [0.4, 0.5) is 5.69 Å². The van der Waals surface area contributed by atoms with Gasteiger partial charge in [-0.25, -0.2) is 0 Å². The topological polar surface area (TPSA) is 89.0 Å². The molecule has 0 N–H and O–H groups in total. The standard InChI is InChI=1S/C27H31N3O4S/c1-18-12-13-21(30(32)33)16-23(18)24-15-14-22(34-24)17-25-26(31)29(20-10-6-3-7-11-20)27(35-25)28-19-8-4-2-5-9-19/h12-17,19-20H,2-11H2,1H3. The van der Waals surface area contributed by atoms with Gasteiger partial charge in [-0.15, -0.1) is 0 Å². The number of carbonyl (C=O) groups excluding carboxylic acids is 1. The van der Waals surface area contributed by atoms with Crippen molar-refractivity contribution in [2.75, 3.05) is 0 Å². The molecule has 7 nitrogen and oxygen atoms in total. The van der Waals surface area contributed by atoms with Crippen LogP contribution in [0.5, 0.6) is 0 Å². The fourth-order valence-electron chi connectivity index (χ4n) is 5.30. The number of nitrogens with zero attached hydrogens (tertiary/aromatic N) is 3. The number of nitro groups is 1. The maximum atomic E-state index is 13.6. The Morgan fingerprint density at radius 2 is 1.77 bits per heavy atom. The van der Waals surface area contributed by atoms with Crippen LogP contribution in [0.15, 0.2) is 44.6 Å². The molecule has 2 heterocycles. The summed E-state index contributed by atoms with van der Waals surface area (Å²) in [5, 5.41) is 12.1. The van der Waals surface area contributed by atoms with E-state index in [0.29, 0.717) is 28.0 Å². The monoisotopic (exact) mass is 493 g/mol. The van der Waals surface area contributed by atoms with Gasteiger partial charge in [-0.3, -0.25) is 24.8 Å². The normalized spacial score (nSPS) is 22.4. The van der Waals surface area contributed by atoms with Crippen molar-refractivity contribution in [3.05, 3.63) is 56.7 Å². The Hall–Kier alpha value is -2.87. The summed E-state index contributed by atoms with van der Waals surface area (Å²) in [5.41, 5.74) is 1.59. The molecule has 0 bridgehead atoms. The third-order valence-corrected chi connectivity index (χ3v) is 8.24. The van der Waals surface area contributed by atoms with Gasteiger partial charge in [-0.2, -0.15) is 0 Å². The van der Waals surface area contributed by atoms with E-state index < -0.39 is 4.92 Å². The molecule has 5 rings (SSSR count). The van der Waals surface area contributed by atoms with Crippen molar-refractivity contribution in [3.63, 3.8) is 0 Å². The second-order valence-corrected chi connectivity index (χ2v) is 10.7. The number of hydrogen-bond acceptors (Lipinski definition) is 6. The van der Waals surface area contributed by atoms with Gasteiger partial charge >= 0.3 is 0 Å². The molecule has 2 saturated carbocycles. The number of amidine groups is 1. The number of furan rings is 1. The SMILES string of the molecule is Cc1ccc([N+](=O)[O-])cc1-c1ccc(C=C2SC(=NC3CCCCC3)N(C3CCCCC3)C2=O)o1. The molecular weight excluding hydrogens is 462 g/mol. The van der Waals surface area contributed by atoms with E-state index in [1.165, 1.54) is 49.6 Å². The summed E-state index contributed by atoms with van der Waals surface area (Å²) in [6.07, 6.45) is 13.3. The summed E-state index contributed by atoms with van der Waals surface area (Å²) in [5.74, 6) is 1.12. The summed E-state index contributed by atoms with van der Waals surface area (Å²) < 4.78 is 6.04. The lowest BCUT2D eigenvalue weighted by Gasteiger charge is -2.31. The van der Waals surface area contributed by atoms with Gasteiger partial charge in [0.15, 0.2) is 5.17 Å². The average Bonchev–Trinajstić information content (AvgIpc) is 3.45. The van der Waals surface area contributed by atoms with Crippen LogP contribution in [0.25, 0.3) is 17.4 Å². The lowest BCUT2D eigenvalue weighted by atomic mass is 9.94. The molecule has 0 unspecified atom stereocenters. The van der Waals surface area contributed by atoms with Crippen LogP contribution in [0.1, 0.15) is 75.5 Å². The third kappa shape index (κ3) is 5.22. The fraction of sp³-hybridized carbons (Fsp3) is 0.481. The van der Waals surface area contributed by atoms with Gasteiger partial charge in [0.1, 0.15) is 11.5 Å². The van der Waals surface area contributed by atoms with Crippen molar-refractivity contribution < 1.29 is 14.1 Å². The molecule has 0 spiro atoms. The van der Waals surface area contributed by atoms with Crippen LogP contribution in [-0.2, 0) is 4.79 Å². The van der Waals surface area contributed by atoms with Crippen LogP contribution in [0, 0.1) is 17.0 Å². The molecule has 2 aromatic rings. The van der Waals surface area contributed by atoms with Crippen LogP contribution in [0.3, 0.4) is 0 Å². The lowest BCUT2D eigenvalue weighted by molar-refractivity contribution is -0.384. The molecule has 3 fully saturated rings. The number of benzene rings is 1. The van der Waals surface area contributed by atoms with Gasteiger partial charge < -0.3 is 4.42 Å². The minimum atomic E-state index is -0.407. The predicted molar refractivity (Wildman–Crippen MR) is 139 cm³/mol. The zero-order valence-electron chi connectivity index (χ0n) is 20.1. The maximum Gasteiger partial charge on any atom is 0.270 e. The van der Waals surface area contributed by atoms with Crippen molar-refractivity contribution in [1.82, 2.24) is 4.90 Å². The zero-order valence-corrected chi connectivity index (χ0v) is 20.9. The first-order chi connectivity index (χ1) is 17.0. The van der Waals surface area contributed by atoms with Crippen molar-refractivity contribution in [1.29, 1.82) is 0 Å². The van der Waals surface area contributed by atoms with E-state index in [4.69, 9.17) is 9.41 Å². The molecule has 0 radical (unpaired) electrons. The van der Waals surface area contributed by atoms with Gasteiger partial charge in [0.05, 0.1) is 15.9 Å². The van der Waals surface area contributed by atoms with Gasteiger partial charge in [0.2, 0.25) is 0 Å². The number of carbonyl (C=O) groups is 1. The quantitative estimate of drug-likeness (QED) is 0.252. The van der Waals surface area contributed by atoms with Gasteiger partial charge in [-0.1, -0.05) is 44.6 Å². The predicted octanol–water partition coefficient (Wildman–Crippen LogP) is 7.10. The van der Waals surface area contributed by atoms with Crippen LogP contribution in [0.2, 0.25) is 0 Å². The number of aryl methyl sites for hydroxylation is 1. The molecule has 1 aliphatic heterocycles. The third-order valence-electron chi connectivity index (χ3n) is 7.24. The molecule has 1 aromatic carbocycles. The van der Waals surface area contributed by atoms with E-state index in [-0.39, 0.29) is 17.6 Å². The Balaban J connectivity index is 1.43. The zero-order chi connectivity index (χ0) is 24.4. The number of nitro benzene ring substituents is 1. The number of hydrogen-bond donors (Lipinski definition) is 0. The van der Waals surface area contributed by atoms with E-state index in [1.54, 1.807) is 18.2 Å². The van der Waals surface area contributed by atoms with E-state index in [1.807, 2.05) is 17.9 Å². The molecule has 1 amide bonds. The van der Waals surface area contributed by atoms with Crippen molar-refractivity contribution in [2.24, 2.45) is 4.99 Å². The van der Waals surface area contributed by atoms with Gasteiger partial charge in [-0.05, 0) is 62.1 Å². The Kier molecular flexibility index (Phi) is 7.09. The Morgan fingerprint density at radius 3 is 2.49 bits per heavy atom. The number of thioether (sulfide) groups is 1. The molecule has 35 heavy (non-hydrogen) atoms. The lowest BCUT2D eigenvalue weighted by Crippen LogP contribution is -2.41. The minimum absolute atomic E-state index is 0.0148. The number of rotatable bonds is 5. The highest BCUT2D eigenvalue weighted by Gasteiger charge is 2.39. The highest BCUT2D eigenvalue weighted by atomic mass is 32.2. The van der Waals surface area contributed by atoms with Crippen molar-refractivity contribution in [3.8, 4) is 11.3 Å². The summed E-state index contributed by atoms with van der Waals surface area (Å²) >= 11 is 1.46. The van der Waals surface area contributed by atoms with Crippen LogP contribution < -0.4 is 0 Å². The summed E-state index contributed by atoms with van der Waals surface area (Å²) in [6.45, 7) is 1.89. The molecule has 1 saturated heterocycles. The molecule has 3 aliphatic rings. The number of amides is 1. The highest BCUT2D eigenvalue weighted by Crippen LogP contribution is 2.39. The smallest absolute Gasteiger partial charge is 0.270 e. The van der Waals surface area contributed by atoms with Gasteiger partial charge in [0.25, 0.3) is 11.6 Å². The second kappa shape index (κ2) is 10.4. The van der Waals surface area contributed by atoms with E-state index in [0.717, 1.165) is 49.3 Å². The molecule has 2 aliphatic carbocycles. The van der Waals surface area contributed by atoms with Crippen LogP contribution >= 0.6 is 11.8 Å². The summed E-state index contributed by atoms with van der Waals surface area (Å²) in [4.78, 5) is 32.0. The average molecular weight is 494 g/mol. The maximum absolute atomic E-state index is 13.6. The Morgan fingerprint density at radius 1 is 1.06 bits per heavy atom. The Labute approximate surface area is 209 Å². The minimum Gasteiger partial charge on any atom is -0.457 e. The number of aliphatic imine (C=N–C) groups is 1. The van der Waals surface area contributed by atoms with Crippen LogP contribution in [-0.4, -0.2) is 33.0 Å². The van der Waals surface area contributed by atoms with Crippen molar-refractivity contribution in [2.45, 2.75) is 83.2 Å². The summed E-state index contributed by atoms with van der Waals surface area (Å²) in [7, 11) is 0. The largest absolute Gasteiger partial charge is 0.457 e. The highest BCUT2D eigenvalue weighted by molar-refractivity contribution is 8.18. The first-order valence-corrected chi connectivity index (χ1v) is 13.5. The summed E-state index contributed by atoms with van der Waals surface area (Å²) in [6, 6.07) is 8.88. The first kappa shape index (κ1) is 23.9. The first-order valence-electron chi connectivity index (χ1n) is 12.7. The molecule has 0 atom stereocenters. The van der Waals surface area contributed by atoms with Crippen molar-refractivity contribution >= 4 is 34.6 Å². The fourth-order valence-corrected chi connectivity index (χ4v) is 6.39. The van der Waals surface area contributed by atoms with E-state index >= 15 is 0 Å². The van der Waals surface area contributed by atoms with Gasteiger partial charge in [0, 0.05) is 29.8 Å².